The summed E-state index contributed by atoms with van der Waals surface area (Å²) in [5, 5.41) is 8.52. The van der Waals surface area contributed by atoms with E-state index in [0.717, 1.165) is 22.7 Å². The molecule has 0 bridgehead atoms. The van der Waals surface area contributed by atoms with Gasteiger partial charge in [-0.3, -0.25) is 5.43 Å². The molecule has 0 spiro atoms. The third-order valence-electron chi connectivity index (χ3n) is 4.47. The lowest BCUT2D eigenvalue weighted by Gasteiger charge is -2.35. The molecule has 0 saturated carbocycles. The summed E-state index contributed by atoms with van der Waals surface area (Å²) in [7, 11) is 1.83. The monoisotopic (exact) mass is 363 g/mol. The van der Waals surface area contributed by atoms with Crippen molar-refractivity contribution in [3.05, 3.63) is 45.7 Å². The molecule has 0 saturated heterocycles. The predicted octanol–water partition coefficient (Wildman–Crippen LogP) is 3.27. The van der Waals surface area contributed by atoms with Crippen molar-refractivity contribution in [3.63, 3.8) is 0 Å². The van der Waals surface area contributed by atoms with Crippen molar-refractivity contribution in [2.24, 2.45) is 11.0 Å². The Hall–Kier alpha value is -2.05. The van der Waals surface area contributed by atoms with E-state index in [4.69, 9.17) is 27.9 Å². The minimum Gasteiger partial charge on any atom is -0.451 e. The second-order valence-electron chi connectivity index (χ2n) is 5.79. The lowest BCUT2D eigenvalue weighted by atomic mass is 9.77. The molecule has 124 valence electrons. The first-order valence-electron chi connectivity index (χ1n) is 7.54. The Morgan fingerprint density at radius 2 is 2.04 bits per heavy atom. The zero-order valence-electron chi connectivity index (χ0n) is 13.0. The van der Waals surface area contributed by atoms with Gasteiger partial charge in [-0.1, -0.05) is 29.3 Å². The predicted molar refractivity (Wildman–Crippen MR) is 94.0 cm³/mol. The molecule has 2 aliphatic heterocycles. The zero-order chi connectivity index (χ0) is 16.8. The van der Waals surface area contributed by atoms with Crippen LogP contribution in [0, 0.1) is 5.92 Å². The Balaban J connectivity index is 1.94. The standard InChI is InChI=1S/C16H15Cl2N5O/c1-7-11-12(8-3-4-9(17)10(18)5-8)13-14(19-2)20-6-21-15(13)24-16(11)23-22-7/h3-6,11-12,16,23H,1-2H3,(H,19,20,21). The smallest absolute Gasteiger partial charge is 0.224 e. The summed E-state index contributed by atoms with van der Waals surface area (Å²) in [5.41, 5.74) is 5.93. The highest BCUT2D eigenvalue weighted by Crippen LogP contribution is 2.47. The van der Waals surface area contributed by atoms with E-state index < -0.39 is 0 Å². The molecular weight excluding hydrogens is 349 g/mol. The Morgan fingerprint density at radius 1 is 1.21 bits per heavy atom. The van der Waals surface area contributed by atoms with Gasteiger partial charge in [-0.25, -0.2) is 9.97 Å². The molecular formula is C16H15Cl2N5O. The summed E-state index contributed by atoms with van der Waals surface area (Å²) in [6.45, 7) is 1.99. The molecule has 3 atom stereocenters. The molecule has 0 amide bonds. The molecule has 0 fully saturated rings. The second kappa shape index (κ2) is 5.79. The SMILES string of the molecule is CNc1ncnc2c1C(c1ccc(Cl)c(Cl)c1)C1C(C)=NNC1O2. The van der Waals surface area contributed by atoms with Crippen LogP contribution in [0.1, 0.15) is 24.0 Å². The van der Waals surface area contributed by atoms with E-state index >= 15 is 0 Å². The van der Waals surface area contributed by atoms with Crippen LogP contribution in [-0.4, -0.2) is 29.0 Å². The summed E-state index contributed by atoms with van der Waals surface area (Å²) in [4.78, 5) is 8.65. The number of nitrogens with one attached hydrogen (secondary N) is 2. The van der Waals surface area contributed by atoms with Crippen LogP contribution in [0.3, 0.4) is 0 Å². The lowest BCUT2D eigenvalue weighted by molar-refractivity contribution is 0.110. The molecule has 1 aromatic heterocycles. The second-order valence-corrected chi connectivity index (χ2v) is 6.60. The average molecular weight is 364 g/mol. The Labute approximate surface area is 149 Å². The van der Waals surface area contributed by atoms with Crippen molar-refractivity contribution in [1.82, 2.24) is 15.4 Å². The van der Waals surface area contributed by atoms with Crippen molar-refractivity contribution in [2.45, 2.75) is 19.1 Å². The fourth-order valence-corrected chi connectivity index (χ4v) is 3.69. The molecule has 3 unspecified atom stereocenters. The van der Waals surface area contributed by atoms with E-state index in [1.807, 2.05) is 26.1 Å². The van der Waals surface area contributed by atoms with Gasteiger partial charge in [-0.15, -0.1) is 0 Å². The lowest BCUT2D eigenvalue weighted by Crippen LogP contribution is -2.43. The largest absolute Gasteiger partial charge is 0.451 e. The van der Waals surface area contributed by atoms with Crippen LogP contribution in [0.25, 0.3) is 0 Å². The molecule has 6 nitrogen and oxygen atoms in total. The van der Waals surface area contributed by atoms with Crippen LogP contribution in [-0.2, 0) is 0 Å². The quantitative estimate of drug-likeness (QED) is 0.856. The minimum absolute atomic E-state index is 0.0212. The van der Waals surface area contributed by atoms with Gasteiger partial charge in [0.2, 0.25) is 5.88 Å². The van der Waals surface area contributed by atoms with Crippen LogP contribution in [0.15, 0.2) is 29.6 Å². The van der Waals surface area contributed by atoms with E-state index in [1.165, 1.54) is 6.33 Å². The number of hydrogen-bond donors (Lipinski definition) is 2. The number of benzene rings is 1. The molecule has 4 rings (SSSR count). The Kier molecular flexibility index (Phi) is 3.73. The summed E-state index contributed by atoms with van der Waals surface area (Å²) >= 11 is 12.3. The Morgan fingerprint density at radius 3 is 2.79 bits per heavy atom. The van der Waals surface area contributed by atoms with E-state index in [0.29, 0.717) is 15.9 Å². The van der Waals surface area contributed by atoms with E-state index in [-0.39, 0.29) is 18.1 Å². The van der Waals surface area contributed by atoms with Gasteiger partial charge in [-0.2, -0.15) is 5.10 Å². The van der Waals surface area contributed by atoms with E-state index in [9.17, 15) is 0 Å². The highest BCUT2D eigenvalue weighted by molar-refractivity contribution is 6.42. The van der Waals surface area contributed by atoms with Gasteiger partial charge in [0.05, 0.1) is 21.5 Å². The van der Waals surface area contributed by atoms with Crippen molar-refractivity contribution in [1.29, 1.82) is 0 Å². The fourth-order valence-electron chi connectivity index (χ4n) is 3.39. The van der Waals surface area contributed by atoms with Crippen molar-refractivity contribution >= 4 is 34.7 Å². The highest BCUT2D eigenvalue weighted by atomic mass is 35.5. The van der Waals surface area contributed by atoms with Crippen LogP contribution in [0.2, 0.25) is 10.0 Å². The number of ether oxygens (including phenoxy) is 1. The number of nitrogens with zero attached hydrogens (tertiary/aromatic N) is 3. The van der Waals surface area contributed by atoms with Gasteiger partial charge in [0.15, 0.2) is 6.23 Å². The van der Waals surface area contributed by atoms with Crippen LogP contribution in [0.5, 0.6) is 5.88 Å². The highest BCUT2D eigenvalue weighted by Gasteiger charge is 2.46. The molecule has 2 aromatic rings. The van der Waals surface area contributed by atoms with E-state index in [2.05, 4.69) is 25.8 Å². The first kappa shape index (κ1) is 15.5. The van der Waals surface area contributed by atoms with Gasteiger partial charge >= 0.3 is 0 Å². The molecule has 0 radical (unpaired) electrons. The van der Waals surface area contributed by atoms with Crippen LogP contribution < -0.4 is 15.5 Å². The molecule has 0 aliphatic carbocycles. The zero-order valence-corrected chi connectivity index (χ0v) is 14.6. The maximum atomic E-state index is 6.26. The molecule has 8 heteroatoms. The van der Waals surface area contributed by atoms with Crippen molar-refractivity contribution in [3.8, 4) is 5.88 Å². The maximum absolute atomic E-state index is 6.26. The maximum Gasteiger partial charge on any atom is 0.224 e. The fraction of sp³-hybridized carbons (Fsp3) is 0.312. The summed E-state index contributed by atoms with van der Waals surface area (Å²) in [6.07, 6.45) is 1.22. The van der Waals surface area contributed by atoms with Crippen molar-refractivity contribution < 1.29 is 4.74 Å². The van der Waals surface area contributed by atoms with Gasteiger partial charge in [0.25, 0.3) is 0 Å². The Bertz CT molecular complexity index is 841. The number of anilines is 1. The van der Waals surface area contributed by atoms with Gasteiger partial charge in [0.1, 0.15) is 12.1 Å². The summed E-state index contributed by atoms with van der Waals surface area (Å²) < 4.78 is 6.00. The van der Waals surface area contributed by atoms with Crippen LogP contribution in [0.4, 0.5) is 5.82 Å². The summed E-state index contributed by atoms with van der Waals surface area (Å²) in [5.74, 6) is 1.25. The summed E-state index contributed by atoms with van der Waals surface area (Å²) in [6, 6.07) is 5.67. The minimum atomic E-state index is -0.267. The van der Waals surface area contributed by atoms with Crippen molar-refractivity contribution in [2.75, 3.05) is 12.4 Å². The van der Waals surface area contributed by atoms with Gasteiger partial charge < -0.3 is 10.1 Å². The molecule has 3 heterocycles. The average Bonchev–Trinajstić information content (AvgIpc) is 2.95. The normalized spacial score (nSPS) is 24.3. The molecule has 1 aromatic carbocycles. The number of fused-ring (bicyclic) bond motifs is 2. The number of halogens is 2. The van der Waals surface area contributed by atoms with Gasteiger partial charge in [0, 0.05) is 18.7 Å². The molecule has 2 aliphatic rings. The first-order chi connectivity index (χ1) is 11.6. The number of hydrogen-bond acceptors (Lipinski definition) is 6. The topological polar surface area (TPSA) is 71.4 Å². The number of hydrazone groups is 1. The molecule has 2 N–H and O–H groups in total. The number of rotatable bonds is 2. The molecule has 24 heavy (non-hydrogen) atoms. The third-order valence-corrected chi connectivity index (χ3v) is 5.21. The van der Waals surface area contributed by atoms with Crippen LogP contribution >= 0.6 is 23.2 Å². The number of aromatic nitrogens is 2. The van der Waals surface area contributed by atoms with E-state index in [1.54, 1.807) is 6.07 Å². The third kappa shape index (κ3) is 2.29. The van der Waals surface area contributed by atoms with Gasteiger partial charge in [-0.05, 0) is 24.6 Å². The first-order valence-corrected chi connectivity index (χ1v) is 8.29.